The van der Waals surface area contributed by atoms with Crippen LogP contribution < -0.4 is 5.32 Å². The number of amides is 1. The molecule has 5 N–H and O–H groups in total. The Morgan fingerprint density at radius 3 is 1.28 bits per heavy atom. The quantitative estimate of drug-likeness (QED) is 0.0924. The van der Waals surface area contributed by atoms with Crippen LogP contribution in [0.25, 0.3) is 0 Å². The van der Waals surface area contributed by atoms with Gasteiger partial charge in [0.05, 0.1) is 32.3 Å². The Morgan fingerprint density at radius 2 is 0.926 bits per heavy atom. The first-order valence-corrected chi connectivity index (χ1v) is 15.5. The van der Waals surface area contributed by atoms with E-state index in [2.05, 4.69) is 4.74 Å². The van der Waals surface area contributed by atoms with Crippen molar-refractivity contribution in [2.75, 3.05) is 98.3 Å². The summed E-state index contributed by atoms with van der Waals surface area (Å²) in [6.45, 7) is -4.75. The topological polar surface area (TPSA) is 183 Å². The maximum Gasteiger partial charge on any atom is 0.460 e. The van der Waals surface area contributed by atoms with Crippen molar-refractivity contribution in [3.8, 4) is 0 Å². The molecule has 1 fully saturated rings. The summed E-state index contributed by atoms with van der Waals surface area (Å²) in [5.74, 6) is -42.6. The second kappa shape index (κ2) is 19.5. The lowest BCUT2D eigenvalue weighted by Gasteiger charge is -2.39. The van der Waals surface area contributed by atoms with Gasteiger partial charge in [-0.25, -0.2) is 0 Å². The normalized spacial score (nSPS) is 18.4. The van der Waals surface area contributed by atoms with Crippen LogP contribution in [-0.4, -0.2) is 204 Å². The third-order valence-electron chi connectivity index (χ3n) is 7.80. The summed E-state index contributed by atoms with van der Waals surface area (Å²) < 4.78 is 176. The molecule has 0 saturated carbocycles. The monoisotopic (exact) mass is 823 g/mol. The van der Waals surface area contributed by atoms with Crippen LogP contribution in [0, 0.1) is 0 Å². The second-order valence-electron chi connectivity index (χ2n) is 12.1. The number of carbonyl (C=O) groups excluding carboxylic acids is 1. The maximum absolute atomic E-state index is 13.9. The van der Waals surface area contributed by atoms with Gasteiger partial charge < -0.3 is 30.5 Å². The van der Waals surface area contributed by atoms with Crippen LogP contribution in [0.15, 0.2) is 0 Å². The fourth-order valence-corrected chi connectivity index (χ4v) is 4.78. The maximum atomic E-state index is 13.9. The van der Waals surface area contributed by atoms with E-state index in [0.29, 0.717) is 0 Å². The molecule has 1 heterocycles. The molecule has 1 unspecified atom stereocenters. The molecule has 14 nitrogen and oxygen atoms in total. The fraction of sp³-hybridized carbons (Fsp3) is 0.852. The predicted octanol–water partition coefficient (Wildman–Crippen LogP) is 1.08. The van der Waals surface area contributed by atoms with Gasteiger partial charge in [0.15, 0.2) is 0 Å². The van der Waals surface area contributed by atoms with E-state index in [4.69, 9.17) is 0 Å². The standard InChI is InChI=1S/C27H38F13N5O9/c28-22(29,23(30,31)24(32,33)25(34,35)26(36,37)27(38,39)40)1-10-54-16-18(47)41-11-17(46)12-42-2-4-43(13-19(48)49)6-8-45(15-21(52)53)9-7-44(5-3-42)14-20(50)51/h17,46H,1-16H2,(H,41,47)(H,48,49)(H,50,51)(H,52,53). The molecule has 0 aromatic rings. The Labute approximate surface area is 297 Å². The zero-order valence-electron chi connectivity index (χ0n) is 27.9. The molecule has 316 valence electrons. The first-order valence-electron chi connectivity index (χ1n) is 15.5. The van der Waals surface area contributed by atoms with Crippen molar-refractivity contribution in [3.05, 3.63) is 0 Å². The zero-order chi connectivity index (χ0) is 41.9. The number of ether oxygens (including phenoxy) is 1. The number of aliphatic hydroxyl groups is 1. The molecule has 0 bridgehead atoms. The molecule has 0 aromatic heterocycles. The van der Waals surface area contributed by atoms with Crippen molar-refractivity contribution in [1.82, 2.24) is 24.9 Å². The van der Waals surface area contributed by atoms with Gasteiger partial charge in [-0.05, 0) is 0 Å². The first kappa shape index (κ1) is 48.7. The molecule has 1 aliphatic rings. The van der Waals surface area contributed by atoms with Crippen LogP contribution in [0.4, 0.5) is 57.1 Å². The van der Waals surface area contributed by atoms with Gasteiger partial charge in [0.1, 0.15) is 6.61 Å². The van der Waals surface area contributed by atoms with Gasteiger partial charge in [-0.1, -0.05) is 0 Å². The van der Waals surface area contributed by atoms with E-state index in [9.17, 15) is 96.7 Å². The molecule has 0 aromatic carbocycles. The summed E-state index contributed by atoms with van der Waals surface area (Å²) in [6.07, 6.45) is -11.7. The predicted molar refractivity (Wildman–Crippen MR) is 154 cm³/mol. The number of carbonyl (C=O) groups is 4. The molecule has 0 aliphatic carbocycles. The Hall–Kier alpha value is -3.27. The molecule has 0 spiro atoms. The molecular formula is C27H38F13N5O9. The van der Waals surface area contributed by atoms with E-state index in [1.807, 2.05) is 5.32 Å². The van der Waals surface area contributed by atoms with E-state index in [1.165, 1.54) is 14.7 Å². The third kappa shape index (κ3) is 13.5. The van der Waals surface area contributed by atoms with Gasteiger partial charge in [0.25, 0.3) is 0 Å². The number of carboxylic acids is 3. The average molecular weight is 824 g/mol. The zero-order valence-corrected chi connectivity index (χ0v) is 27.9. The summed E-state index contributed by atoms with van der Waals surface area (Å²) in [7, 11) is 0. The summed E-state index contributed by atoms with van der Waals surface area (Å²) in [6, 6.07) is 0. The molecule has 27 heteroatoms. The van der Waals surface area contributed by atoms with Crippen LogP contribution in [0.1, 0.15) is 6.42 Å². The second-order valence-corrected chi connectivity index (χ2v) is 12.1. The van der Waals surface area contributed by atoms with Gasteiger partial charge in [-0.2, -0.15) is 57.1 Å². The molecular weight excluding hydrogens is 785 g/mol. The number of hydrogen-bond donors (Lipinski definition) is 5. The van der Waals surface area contributed by atoms with Crippen LogP contribution >= 0.6 is 0 Å². The molecule has 1 rings (SSSR count). The molecule has 1 atom stereocenters. The van der Waals surface area contributed by atoms with E-state index < -0.39 is 112 Å². The van der Waals surface area contributed by atoms with Crippen molar-refractivity contribution < 1.29 is 101 Å². The van der Waals surface area contributed by atoms with Crippen molar-refractivity contribution in [2.45, 2.75) is 48.3 Å². The number of alkyl halides is 13. The third-order valence-corrected chi connectivity index (χ3v) is 7.80. The molecule has 1 saturated heterocycles. The van der Waals surface area contributed by atoms with E-state index in [0.717, 1.165) is 0 Å². The summed E-state index contributed by atoms with van der Waals surface area (Å²) in [5.41, 5.74) is 0. The first-order chi connectivity index (χ1) is 24.5. The molecule has 1 amide bonds. The number of β-amino-alcohol motifs (C(OH)–C–C–N with tert-alkyl or cyclic N) is 1. The Balaban J connectivity index is 2.83. The van der Waals surface area contributed by atoms with Crippen LogP contribution in [-0.2, 0) is 23.9 Å². The molecule has 0 radical (unpaired) electrons. The number of aliphatic carboxylic acids is 3. The average Bonchev–Trinajstić information content (AvgIpc) is 3.01. The van der Waals surface area contributed by atoms with E-state index >= 15 is 0 Å². The number of hydrogen-bond acceptors (Lipinski definition) is 10. The largest absolute Gasteiger partial charge is 0.480 e. The lowest BCUT2D eigenvalue weighted by molar-refractivity contribution is -0.440. The summed E-state index contributed by atoms with van der Waals surface area (Å²) in [4.78, 5) is 52.0. The number of nitrogens with one attached hydrogen (secondary N) is 1. The highest BCUT2D eigenvalue weighted by Gasteiger charge is 2.90. The van der Waals surface area contributed by atoms with Gasteiger partial charge >= 0.3 is 53.7 Å². The Bertz CT molecular complexity index is 1230. The summed E-state index contributed by atoms with van der Waals surface area (Å²) in [5, 5.41) is 40.3. The van der Waals surface area contributed by atoms with Gasteiger partial charge in [0.2, 0.25) is 5.91 Å². The van der Waals surface area contributed by atoms with Crippen molar-refractivity contribution in [3.63, 3.8) is 0 Å². The number of halogens is 13. The van der Waals surface area contributed by atoms with Crippen molar-refractivity contribution in [2.24, 2.45) is 0 Å². The minimum absolute atomic E-state index is 0.0527. The lowest BCUT2D eigenvalue weighted by Crippen LogP contribution is -2.70. The van der Waals surface area contributed by atoms with Crippen LogP contribution in [0.2, 0.25) is 0 Å². The van der Waals surface area contributed by atoms with Crippen LogP contribution in [0.5, 0.6) is 0 Å². The molecule has 1 aliphatic heterocycles. The number of rotatable bonds is 19. The minimum atomic E-state index is -8.04. The molecule has 54 heavy (non-hydrogen) atoms. The van der Waals surface area contributed by atoms with E-state index in [1.54, 1.807) is 4.90 Å². The number of aliphatic hydroxyl groups excluding tert-OH is 1. The highest BCUT2D eigenvalue weighted by Crippen LogP contribution is 2.60. The highest BCUT2D eigenvalue weighted by atomic mass is 19.4. The van der Waals surface area contributed by atoms with Crippen molar-refractivity contribution >= 4 is 23.8 Å². The number of nitrogens with zero attached hydrogens (tertiary/aromatic N) is 4. The highest BCUT2D eigenvalue weighted by molar-refractivity contribution is 5.77. The van der Waals surface area contributed by atoms with Crippen LogP contribution in [0.3, 0.4) is 0 Å². The fourth-order valence-electron chi connectivity index (χ4n) is 4.78. The SMILES string of the molecule is O=C(O)CN1CCN(CC(=O)O)CCN(CC(O)CNC(=O)COCCC(F)(F)C(F)(F)C(F)(F)C(F)(F)C(F)(F)C(F)(F)F)CCN(CC(=O)O)CC1. The number of carboxylic acid groups (broad SMARTS) is 3. The Kier molecular flexibility index (Phi) is 17.6. The van der Waals surface area contributed by atoms with Gasteiger partial charge in [-0.3, -0.25) is 38.8 Å². The van der Waals surface area contributed by atoms with Crippen molar-refractivity contribution in [1.29, 1.82) is 0 Å². The lowest BCUT2D eigenvalue weighted by atomic mass is 9.93. The Morgan fingerprint density at radius 1 is 0.574 bits per heavy atom. The smallest absolute Gasteiger partial charge is 0.460 e. The summed E-state index contributed by atoms with van der Waals surface area (Å²) >= 11 is 0. The van der Waals surface area contributed by atoms with E-state index in [-0.39, 0.29) is 58.9 Å². The minimum Gasteiger partial charge on any atom is -0.480 e. The van der Waals surface area contributed by atoms with Gasteiger partial charge in [0, 0.05) is 71.9 Å². The van der Waals surface area contributed by atoms with Gasteiger partial charge in [-0.15, -0.1) is 0 Å².